The molecule has 0 atom stereocenters. The molecule has 2 heterocycles. The molecule has 1 aliphatic rings. The molecule has 0 amide bonds. The minimum absolute atomic E-state index is 0.262. The average Bonchev–Trinajstić information content (AvgIpc) is 2.97. The van der Waals surface area contributed by atoms with Crippen LogP contribution in [0.2, 0.25) is 0 Å². The monoisotopic (exact) mass is 321 g/mol. The van der Waals surface area contributed by atoms with E-state index in [2.05, 4.69) is 26.3 Å². The van der Waals surface area contributed by atoms with E-state index in [1.807, 2.05) is 6.07 Å². The van der Waals surface area contributed by atoms with E-state index in [1.54, 1.807) is 25.2 Å². The van der Waals surface area contributed by atoms with Crippen LogP contribution in [0.3, 0.4) is 0 Å². The fraction of sp³-hybridized carbons (Fsp3) is 0.278. The molecule has 0 radical (unpaired) electrons. The quantitative estimate of drug-likeness (QED) is 0.774. The predicted molar refractivity (Wildman–Crippen MR) is 89.2 cm³/mol. The van der Waals surface area contributed by atoms with Gasteiger partial charge in [-0.25, -0.2) is 14.4 Å². The summed E-state index contributed by atoms with van der Waals surface area (Å²) >= 11 is 0. The first-order valence-corrected chi connectivity index (χ1v) is 7.90. The third-order valence-corrected chi connectivity index (χ3v) is 4.92. The molecule has 2 aromatic heterocycles. The molecule has 0 spiro atoms. The maximum Gasteiger partial charge on any atom is 0.177 e. The Kier molecular flexibility index (Phi) is 3.24. The van der Waals surface area contributed by atoms with Gasteiger partial charge in [-0.05, 0) is 36.6 Å². The van der Waals surface area contributed by atoms with Crippen LogP contribution in [0.25, 0.3) is 11.2 Å². The van der Waals surface area contributed by atoms with Crippen molar-refractivity contribution in [2.75, 3.05) is 12.4 Å². The molecule has 5 nitrogen and oxygen atoms in total. The molecule has 0 bridgehead atoms. The fourth-order valence-electron chi connectivity index (χ4n) is 3.40. The highest BCUT2D eigenvalue weighted by molar-refractivity contribution is 5.72. The highest BCUT2D eigenvalue weighted by Crippen LogP contribution is 2.48. The van der Waals surface area contributed by atoms with Crippen LogP contribution < -0.4 is 5.32 Å². The predicted octanol–water partition coefficient (Wildman–Crippen LogP) is 3.48. The number of hydrogen-bond acceptors (Lipinski definition) is 4. The fourth-order valence-corrected chi connectivity index (χ4v) is 3.40. The van der Waals surface area contributed by atoms with Crippen LogP contribution in [0.15, 0.2) is 30.5 Å². The van der Waals surface area contributed by atoms with Gasteiger partial charge in [0, 0.05) is 13.2 Å². The normalized spacial score (nSPS) is 15.7. The van der Waals surface area contributed by atoms with Crippen molar-refractivity contribution in [1.29, 1.82) is 5.26 Å². The van der Waals surface area contributed by atoms with Crippen molar-refractivity contribution in [3.63, 3.8) is 0 Å². The smallest absolute Gasteiger partial charge is 0.177 e. The largest absolute Gasteiger partial charge is 0.386 e. The van der Waals surface area contributed by atoms with Crippen molar-refractivity contribution in [2.45, 2.75) is 24.7 Å². The molecule has 0 saturated heterocycles. The Hall–Kier alpha value is -2.94. The van der Waals surface area contributed by atoms with E-state index in [0.717, 1.165) is 36.2 Å². The average molecular weight is 321 g/mol. The van der Waals surface area contributed by atoms with Crippen molar-refractivity contribution in [3.05, 3.63) is 53.2 Å². The second kappa shape index (κ2) is 5.31. The van der Waals surface area contributed by atoms with Crippen LogP contribution >= 0.6 is 0 Å². The Morgan fingerprint density at radius 3 is 2.79 bits per heavy atom. The van der Waals surface area contributed by atoms with Crippen LogP contribution in [0.1, 0.15) is 36.2 Å². The molecule has 6 heteroatoms. The second-order valence-corrected chi connectivity index (χ2v) is 6.17. The molecule has 0 unspecified atom stereocenters. The number of nitriles is 1. The molecule has 1 fully saturated rings. The molecule has 1 aliphatic carbocycles. The van der Waals surface area contributed by atoms with Crippen LogP contribution in [0, 0.1) is 17.1 Å². The molecule has 4 rings (SSSR count). The summed E-state index contributed by atoms with van der Waals surface area (Å²) in [6.07, 6.45) is 4.41. The number of nitrogens with one attached hydrogen (secondary N) is 2. The van der Waals surface area contributed by atoms with E-state index in [-0.39, 0.29) is 11.2 Å². The Morgan fingerprint density at radius 1 is 1.33 bits per heavy atom. The Morgan fingerprint density at radius 2 is 2.17 bits per heavy atom. The molecule has 24 heavy (non-hydrogen) atoms. The highest BCUT2D eigenvalue weighted by atomic mass is 19.1. The SMILES string of the molecule is CNc1ccc(C2(c3nc4ncc(C#N)cc4[nH]3)CCC2)cc1F. The first kappa shape index (κ1) is 14.6. The van der Waals surface area contributed by atoms with E-state index in [1.165, 1.54) is 6.20 Å². The lowest BCUT2D eigenvalue weighted by Gasteiger charge is -2.40. The summed E-state index contributed by atoms with van der Waals surface area (Å²) in [7, 11) is 1.70. The zero-order valence-corrected chi connectivity index (χ0v) is 13.2. The lowest BCUT2D eigenvalue weighted by Crippen LogP contribution is -2.36. The number of imidazole rings is 1. The van der Waals surface area contributed by atoms with Crippen molar-refractivity contribution in [1.82, 2.24) is 15.0 Å². The van der Waals surface area contributed by atoms with Gasteiger partial charge in [-0.3, -0.25) is 0 Å². The van der Waals surface area contributed by atoms with Crippen molar-refractivity contribution >= 4 is 16.9 Å². The summed E-state index contributed by atoms with van der Waals surface area (Å²) in [5.74, 6) is 0.533. The van der Waals surface area contributed by atoms with E-state index < -0.39 is 0 Å². The third-order valence-electron chi connectivity index (χ3n) is 4.92. The summed E-state index contributed by atoms with van der Waals surface area (Å²) in [6, 6.07) is 9.13. The Bertz CT molecular complexity index is 965. The number of fused-ring (bicyclic) bond motifs is 1. The number of aromatic nitrogens is 3. The molecule has 3 aromatic rings. The van der Waals surface area contributed by atoms with Gasteiger partial charge in [0.2, 0.25) is 0 Å². The van der Waals surface area contributed by atoms with Crippen LogP contribution in [-0.4, -0.2) is 22.0 Å². The summed E-state index contributed by atoms with van der Waals surface area (Å²) in [5, 5.41) is 11.9. The first-order chi connectivity index (χ1) is 11.7. The molecular weight excluding hydrogens is 305 g/mol. The third kappa shape index (κ3) is 2.05. The summed E-state index contributed by atoms with van der Waals surface area (Å²) in [4.78, 5) is 12.1. The number of halogens is 1. The zero-order valence-electron chi connectivity index (χ0n) is 13.2. The maximum atomic E-state index is 14.2. The number of rotatable bonds is 3. The van der Waals surface area contributed by atoms with E-state index in [9.17, 15) is 4.39 Å². The summed E-state index contributed by atoms with van der Waals surface area (Å²) < 4.78 is 14.2. The Labute approximate surface area is 138 Å². The van der Waals surface area contributed by atoms with E-state index >= 15 is 0 Å². The van der Waals surface area contributed by atoms with Gasteiger partial charge in [0.1, 0.15) is 17.7 Å². The Balaban J connectivity index is 1.83. The number of benzene rings is 1. The van der Waals surface area contributed by atoms with Gasteiger partial charge in [0.25, 0.3) is 0 Å². The molecule has 1 aromatic carbocycles. The van der Waals surface area contributed by atoms with Gasteiger partial charge in [0.05, 0.1) is 22.2 Å². The van der Waals surface area contributed by atoms with Crippen LogP contribution in [-0.2, 0) is 5.41 Å². The standard InChI is InChI=1S/C18H16FN5/c1-21-14-4-3-12(8-13(14)19)18(5-2-6-18)17-23-15-7-11(9-20)10-22-16(15)24-17/h3-4,7-8,10,21H,2,5-6H2,1H3,(H,22,23,24). The molecular formula is C18H16FN5. The van der Waals surface area contributed by atoms with Crippen molar-refractivity contribution in [3.8, 4) is 6.07 Å². The molecule has 120 valence electrons. The van der Waals surface area contributed by atoms with Crippen molar-refractivity contribution in [2.24, 2.45) is 0 Å². The molecule has 1 saturated carbocycles. The number of aromatic amines is 1. The first-order valence-electron chi connectivity index (χ1n) is 7.90. The van der Waals surface area contributed by atoms with Gasteiger partial charge in [-0.15, -0.1) is 0 Å². The number of anilines is 1. The summed E-state index contributed by atoms with van der Waals surface area (Å²) in [5.41, 5.74) is 2.92. The zero-order chi connectivity index (χ0) is 16.7. The number of pyridine rings is 1. The molecule has 0 aliphatic heterocycles. The highest BCUT2D eigenvalue weighted by Gasteiger charge is 2.43. The number of hydrogen-bond donors (Lipinski definition) is 2. The lowest BCUT2D eigenvalue weighted by atomic mass is 9.64. The van der Waals surface area contributed by atoms with Gasteiger partial charge >= 0.3 is 0 Å². The number of H-pyrrole nitrogens is 1. The topological polar surface area (TPSA) is 77.4 Å². The van der Waals surface area contributed by atoms with Gasteiger partial charge in [-0.2, -0.15) is 5.26 Å². The second-order valence-electron chi connectivity index (χ2n) is 6.17. The maximum absolute atomic E-state index is 14.2. The van der Waals surface area contributed by atoms with E-state index in [4.69, 9.17) is 5.26 Å². The van der Waals surface area contributed by atoms with Crippen LogP contribution in [0.5, 0.6) is 0 Å². The van der Waals surface area contributed by atoms with Crippen LogP contribution in [0.4, 0.5) is 10.1 Å². The van der Waals surface area contributed by atoms with Gasteiger partial charge < -0.3 is 10.3 Å². The van der Waals surface area contributed by atoms with Gasteiger partial charge in [-0.1, -0.05) is 12.5 Å². The minimum atomic E-state index is -0.305. The molecule has 2 N–H and O–H groups in total. The van der Waals surface area contributed by atoms with Gasteiger partial charge in [0.15, 0.2) is 5.65 Å². The van der Waals surface area contributed by atoms with Crippen molar-refractivity contribution < 1.29 is 4.39 Å². The lowest BCUT2D eigenvalue weighted by molar-refractivity contribution is 0.287. The number of nitrogens with zero attached hydrogens (tertiary/aromatic N) is 3. The minimum Gasteiger partial charge on any atom is -0.386 e. The van der Waals surface area contributed by atoms with E-state index in [0.29, 0.717) is 16.9 Å². The summed E-state index contributed by atoms with van der Waals surface area (Å²) in [6.45, 7) is 0.